The van der Waals surface area contributed by atoms with Gasteiger partial charge >= 0.3 is 0 Å². The normalized spacial score (nSPS) is 18.1. The van der Waals surface area contributed by atoms with Crippen molar-refractivity contribution in [3.05, 3.63) is 29.8 Å². The number of hydrogen-bond acceptors (Lipinski definition) is 5. The number of methoxy groups -OCH3 is 1. The van der Waals surface area contributed by atoms with Crippen molar-refractivity contribution in [2.45, 2.75) is 25.2 Å². The number of carbonyl (C=O) groups is 1. The first-order valence-electron chi connectivity index (χ1n) is 7.03. The molecule has 3 rings (SSSR count). The van der Waals surface area contributed by atoms with Crippen LogP contribution in [0, 0.1) is 0 Å². The number of ether oxygens (including phenoxy) is 1. The number of nitrogens with zero attached hydrogens (tertiary/aromatic N) is 3. The maximum Gasteiger partial charge on any atom is 0.254 e. The zero-order chi connectivity index (χ0) is 14.7. The van der Waals surface area contributed by atoms with Crippen LogP contribution < -0.4 is 4.74 Å². The molecule has 0 aromatic carbocycles. The number of aromatic amines is 1. The third kappa shape index (κ3) is 3.07. The summed E-state index contributed by atoms with van der Waals surface area (Å²) in [6.45, 7) is 1.54. The highest BCUT2D eigenvalue weighted by molar-refractivity contribution is 5.76. The number of aromatic nitrogens is 3. The third-order valence-electron chi connectivity index (χ3n) is 3.83. The Labute approximate surface area is 122 Å². The van der Waals surface area contributed by atoms with Crippen molar-refractivity contribution in [1.29, 1.82) is 0 Å². The fraction of sp³-hybridized carbons (Fsp3) is 0.500. The minimum atomic E-state index is 0.146. The molecule has 0 saturated carbocycles. The van der Waals surface area contributed by atoms with Crippen LogP contribution in [0.1, 0.15) is 30.2 Å². The summed E-state index contributed by atoms with van der Waals surface area (Å²) in [6.07, 6.45) is 3.69. The van der Waals surface area contributed by atoms with Crippen molar-refractivity contribution in [3.63, 3.8) is 0 Å². The van der Waals surface area contributed by atoms with Crippen molar-refractivity contribution in [2.24, 2.45) is 0 Å². The van der Waals surface area contributed by atoms with Gasteiger partial charge in [-0.15, -0.1) is 0 Å². The molecule has 21 heavy (non-hydrogen) atoms. The lowest BCUT2D eigenvalue weighted by Gasteiger charge is -2.15. The highest BCUT2D eigenvalue weighted by atomic mass is 16.5. The zero-order valence-corrected chi connectivity index (χ0v) is 11.9. The maximum absolute atomic E-state index is 12.2. The number of H-pyrrole nitrogens is 1. The molecule has 1 N–H and O–H groups in total. The van der Waals surface area contributed by atoms with E-state index >= 15 is 0 Å². The van der Waals surface area contributed by atoms with Crippen LogP contribution >= 0.6 is 0 Å². The molecule has 0 spiro atoms. The second-order valence-electron chi connectivity index (χ2n) is 5.17. The molecule has 1 aliphatic heterocycles. The van der Waals surface area contributed by atoms with Gasteiger partial charge in [0.1, 0.15) is 5.76 Å². The van der Waals surface area contributed by atoms with Gasteiger partial charge < -0.3 is 14.2 Å². The smallest absolute Gasteiger partial charge is 0.254 e. The van der Waals surface area contributed by atoms with E-state index in [1.165, 1.54) is 7.11 Å². The maximum atomic E-state index is 12.2. The van der Waals surface area contributed by atoms with E-state index in [1.807, 2.05) is 11.0 Å². The predicted octanol–water partition coefficient (Wildman–Crippen LogP) is 1.35. The van der Waals surface area contributed by atoms with Gasteiger partial charge in [-0.1, -0.05) is 0 Å². The van der Waals surface area contributed by atoms with Gasteiger partial charge in [-0.25, -0.2) is 0 Å². The molecule has 1 atom stereocenters. The molecule has 2 aromatic heterocycles. The van der Waals surface area contributed by atoms with Gasteiger partial charge in [0.15, 0.2) is 0 Å². The molecule has 0 radical (unpaired) electrons. The van der Waals surface area contributed by atoms with Gasteiger partial charge in [-0.05, 0) is 17.6 Å². The first kappa shape index (κ1) is 13.7. The van der Waals surface area contributed by atoms with Crippen LogP contribution in [0.25, 0.3) is 0 Å². The summed E-state index contributed by atoms with van der Waals surface area (Å²) in [6, 6.07) is 3.68. The summed E-state index contributed by atoms with van der Waals surface area (Å²) in [5, 5.41) is 10.7. The monoisotopic (exact) mass is 290 g/mol. The SMILES string of the molecule is COc1cc(CCC(=O)N2CCC(c3ccn[nH]3)C2)on1. The molecule has 1 fully saturated rings. The molecule has 112 valence electrons. The van der Waals surface area contributed by atoms with E-state index in [-0.39, 0.29) is 5.91 Å². The van der Waals surface area contributed by atoms with E-state index in [9.17, 15) is 4.79 Å². The van der Waals surface area contributed by atoms with Gasteiger partial charge in [0.05, 0.1) is 7.11 Å². The van der Waals surface area contributed by atoms with Gasteiger partial charge in [-0.3, -0.25) is 9.89 Å². The molecule has 0 aliphatic carbocycles. The fourth-order valence-electron chi connectivity index (χ4n) is 2.63. The summed E-state index contributed by atoms with van der Waals surface area (Å²) in [7, 11) is 1.53. The Morgan fingerprint density at radius 1 is 1.62 bits per heavy atom. The minimum absolute atomic E-state index is 0.146. The third-order valence-corrected chi connectivity index (χ3v) is 3.83. The van der Waals surface area contributed by atoms with Gasteiger partial charge in [0.2, 0.25) is 5.91 Å². The van der Waals surface area contributed by atoms with Gasteiger partial charge in [0.25, 0.3) is 5.88 Å². The first-order valence-corrected chi connectivity index (χ1v) is 7.03. The Morgan fingerprint density at radius 3 is 3.24 bits per heavy atom. The van der Waals surface area contributed by atoms with E-state index in [0.29, 0.717) is 30.4 Å². The van der Waals surface area contributed by atoms with Crippen molar-refractivity contribution >= 4 is 5.91 Å². The fourth-order valence-corrected chi connectivity index (χ4v) is 2.63. The standard InChI is InChI=1S/C14H18N4O3/c1-20-13-8-11(21-17-13)2-3-14(19)18-7-5-10(9-18)12-4-6-15-16-12/h4,6,8,10H,2-3,5,7,9H2,1H3,(H,15,16). The summed E-state index contributed by atoms with van der Waals surface area (Å²) in [5.74, 6) is 1.62. The summed E-state index contributed by atoms with van der Waals surface area (Å²) >= 11 is 0. The Balaban J connectivity index is 1.50. The first-order chi connectivity index (χ1) is 10.3. The quantitative estimate of drug-likeness (QED) is 0.898. The molecule has 1 unspecified atom stereocenters. The van der Waals surface area contributed by atoms with Gasteiger partial charge in [0, 0.05) is 49.8 Å². The summed E-state index contributed by atoms with van der Waals surface area (Å²) in [4.78, 5) is 14.1. The molecular formula is C14H18N4O3. The second-order valence-corrected chi connectivity index (χ2v) is 5.17. The highest BCUT2D eigenvalue weighted by Gasteiger charge is 2.27. The van der Waals surface area contributed by atoms with E-state index in [2.05, 4.69) is 15.4 Å². The molecule has 3 heterocycles. The molecule has 2 aromatic rings. The van der Waals surface area contributed by atoms with Crippen molar-refractivity contribution in [2.75, 3.05) is 20.2 Å². The second kappa shape index (κ2) is 5.99. The number of aryl methyl sites for hydroxylation is 1. The molecule has 1 amide bonds. The van der Waals surface area contributed by atoms with Crippen LogP contribution in [0.3, 0.4) is 0 Å². The molecule has 7 nitrogen and oxygen atoms in total. The van der Waals surface area contributed by atoms with Crippen LogP contribution in [-0.4, -0.2) is 46.4 Å². The van der Waals surface area contributed by atoms with E-state index in [0.717, 1.165) is 25.2 Å². The molecule has 1 aliphatic rings. The molecular weight excluding hydrogens is 272 g/mol. The lowest BCUT2D eigenvalue weighted by atomic mass is 10.1. The largest absolute Gasteiger partial charge is 0.479 e. The van der Waals surface area contributed by atoms with Gasteiger partial charge in [-0.2, -0.15) is 5.10 Å². The minimum Gasteiger partial charge on any atom is -0.479 e. The van der Waals surface area contributed by atoms with E-state index in [4.69, 9.17) is 9.26 Å². The number of rotatable bonds is 5. The number of carbonyl (C=O) groups excluding carboxylic acids is 1. The number of nitrogens with one attached hydrogen (secondary N) is 1. The van der Waals surface area contributed by atoms with Crippen LogP contribution in [0.15, 0.2) is 22.9 Å². The predicted molar refractivity (Wildman–Crippen MR) is 73.9 cm³/mol. The average molecular weight is 290 g/mol. The number of amides is 1. The molecule has 1 saturated heterocycles. The van der Waals surface area contributed by atoms with Crippen molar-refractivity contribution < 1.29 is 14.1 Å². The van der Waals surface area contributed by atoms with Crippen LogP contribution in [-0.2, 0) is 11.2 Å². The summed E-state index contributed by atoms with van der Waals surface area (Å²) in [5.41, 5.74) is 1.10. The lowest BCUT2D eigenvalue weighted by molar-refractivity contribution is -0.130. The molecule has 0 bridgehead atoms. The lowest BCUT2D eigenvalue weighted by Crippen LogP contribution is -2.28. The Morgan fingerprint density at radius 2 is 2.52 bits per heavy atom. The van der Waals surface area contributed by atoms with E-state index < -0.39 is 0 Å². The van der Waals surface area contributed by atoms with E-state index in [1.54, 1.807) is 12.3 Å². The number of hydrogen-bond donors (Lipinski definition) is 1. The zero-order valence-electron chi connectivity index (χ0n) is 11.9. The van der Waals surface area contributed by atoms with Crippen LogP contribution in [0.5, 0.6) is 5.88 Å². The molecule has 7 heteroatoms. The summed E-state index contributed by atoms with van der Waals surface area (Å²) < 4.78 is 10.0. The topological polar surface area (TPSA) is 84.2 Å². The Bertz CT molecular complexity index is 593. The average Bonchev–Trinajstić information content (AvgIpc) is 3.24. The number of likely N-dealkylation sites (tertiary alicyclic amines) is 1. The highest BCUT2D eigenvalue weighted by Crippen LogP contribution is 2.26. The van der Waals surface area contributed by atoms with Crippen LogP contribution in [0.4, 0.5) is 0 Å². The van der Waals surface area contributed by atoms with Crippen LogP contribution in [0.2, 0.25) is 0 Å². The van der Waals surface area contributed by atoms with Crippen molar-refractivity contribution in [3.8, 4) is 5.88 Å². The van der Waals surface area contributed by atoms with Crippen molar-refractivity contribution in [1.82, 2.24) is 20.3 Å². The Kier molecular flexibility index (Phi) is 3.89. The Hall–Kier alpha value is -2.31.